The minimum absolute atomic E-state index is 0.00840. The topological polar surface area (TPSA) is 81.4 Å². The third-order valence-corrected chi connectivity index (χ3v) is 4.97. The van der Waals surface area contributed by atoms with Gasteiger partial charge in [-0.15, -0.1) is 0 Å². The number of aromatic nitrogens is 3. The first kappa shape index (κ1) is 23.2. The van der Waals surface area contributed by atoms with Crippen molar-refractivity contribution in [3.05, 3.63) is 86.4 Å². The maximum atomic E-state index is 13.3. The molecule has 8 nitrogen and oxygen atoms in total. The summed E-state index contributed by atoms with van der Waals surface area (Å²) in [5.74, 6) is 0.556. The summed E-state index contributed by atoms with van der Waals surface area (Å²) in [6.45, 7) is 1.66. The Labute approximate surface area is 185 Å². The number of nitrogens with zero attached hydrogens (tertiary/aromatic N) is 4. The smallest absolute Gasteiger partial charge is 0.355 e. The van der Waals surface area contributed by atoms with Gasteiger partial charge < -0.3 is 15.0 Å². The molecule has 0 saturated carbocycles. The van der Waals surface area contributed by atoms with Crippen LogP contribution in [0, 0.1) is 5.82 Å². The molecule has 1 aromatic heterocycles. The zero-order valence-corrected chi connectivity index (χ0v) is 18.5. The SMILES string of the molecule is COc1ccc(Cn2c(NCCCN(C)C)nc(=O)n(Cc3ccc(F)cc3)c2=O)cc1. The fourth-order valence-corrected chi connectivity index (χ4v) is 3.22. The van der Waals surface area contributed by atoms with E-state index in [1.165, 1.54) is 16.7 Å². The molecular formula is C23H28FN5O3. The summed E-state index contributed by atoms with van der Waals surface area (Å²) in [6, 6.07) is 13.0. The number of hydrogen-bond acceptors (Lipinski definition) is 6. The molecule has 1 heterocycles. The first-order valence-corrected chi connectivity index (χ1v) is 10.3. The van der Waals surface area contributed by atoms with Crippen molar-refractivity contribution < 1.29 is 9.13 Å². The lowest BCUT2D eigenvalue weighted by atomic mass is 10.2. The summed E-state index contributed by atoms with van der Waals surface area (Å²) < 4.78 is 20.9. The van der Waals surface area contributed by atoms with Gasteiger partial charge in [-0.3, -0.25) is 4.57 Å². The molecule has 9 heteroatoms. The molecule has 3 aromatic rings. The average Bonchev–Trinajstić information content (AvgIpc) is 2.78. The lowest BCUT2D eigenvalue weighted by Gasteiger charge is -2.16. The zero-order chi connectivity index (χ0) is 23.1. The van der Waals surface area contributed by atoms with E-state index in [9.17, 15) is 14.0 Å². The van der Waals surface area contributed by atoms with Gasteiger partial charge >= 0.3 is 11.4 Å². The average molecular weight is 442 g/mol. The monoisotopic (exact) mass is 441 g/mol. The standard InChI is InChI=1S/C23H28FN5O3/c1-27(2)14-4-13-25-21-26-22(30)29(16-17-5-9-19(24)10-6-17)23(31)28(21)15-18-7-11-20(32-3)12-8-18/h5-12H,4,13-16H2,1-3H3,(H,25,26,30). The van der Waals surface area contributed by atoms with Crippen molar-refractivity contribution in [1.29, 1.82) is 0 Å². The second-order valence-electron chi connectivity index (χ2n) is 7.73. The van der Waals surface area contributed by atoms with Crippen LogP contribution in [-0.2, 0) is 13.1 Å². The molecule has 0 amide bonds. The van der Waals surface area contributed by atoms with Gasteiger partial charge in [0.2, 0.25) is 5.95 Å². The summed E-state index contributed by atoms with van der Waals surface area (Å²) in [7, 11) is 5.55. The maximum Gasteiger partial charge on any atom is 0.355 e. The highest BCUT2D eigenvalue weighted by Gasteiger charge is 2.14. The van der Waals surface area contributed by atoms with E-state index in [-0.39, 0.29) is 24.9 Å². The van der Waals surface area contributed by atoms with Crippen LogP contribution >= 0.6 is 0 Å². The van der Waals surface area contributed by atoms with Crippen LogP contribution in [0.15, 0.2) is 58.1 Å². The number of halogens is 1. The quantitative estimate of drug-likeness (QED) is 0.485. The van der Waals surface area contributed by atoms with Crippen LogP contribution in [0.4, 0.5) is 10.3 Å². The first-order chi connectivity index (χ1) is 15.4. The predicted octanol–water partition coefficient (Wildman–Crippen LogP) is 2.01. The van der Waals surface area contributed by atoms with E-state index in [0.717, 1.165) is 23.1 Å². The Hall–Kier alpha value is -3.46. The summed E-state index contributed by atoms with van der Waals surface area (Å²) in [5.41, 5.74) is 0.355. The van der Waals surface area contributed by atoms with Crippen molar-refractivity contribution >= 4 is 5.95 Å². The van der Waals surface area contributed by atoms with Crippen LogP contribution in [0.2, 0.25) is 0 Å². The molecule has 1 N–H and O–H groups in total. The highest BCUT2D eigenvalue weighted by Crippen LogP contribution is 2.13. The van der Waals surface area contributed by atoms with Crippen molar-refractivity contribution in [1.82, 2.24) is 19.0 Å². The van der Waals surface area contributed by atoms with Crippen molar-refractivity contribution in [2.75, 3.05) is 39.6 Å². The van der Waals surface area contributed by atoms with Crippen LogP contribution in [-0.4, -0.2) is 53.3 Å². The molecular weight excluding hydrogens is 413 g/mol. The molecule has 0 saturated heterocycles. The van der Waals surface area contributed by atoms with Crippen molar-refractivity contribution in [3.63, 3.8) is 0 Å². The first-order valence-electron chi connectivity index (χ1n) is 10.3. The predicted molar refractivity (Wildman–Crippen MR) is 122 cm³/mol. The third-order valence-electron chi connectivity index (χ3n) is 4.97. The summed E-state index contributed by atoms with van der Waals surface area (Å²) in [6.07, 6.45) is 0.823. The van der Waals surface area contributed by atoms with E-state index in [1.807, 2.05) is 38.4 Å². The molecule has 32 heavy (non-hydrogen) atoms. The van der Waals surface area contributed by atoms with E-state index in [2.05, 4.69) is 15.2 Å². The third kappa shape index (κ3) is 6.04. The maximum absolute atomic E-state index is 13.3. The molecule has 0 fully saturated rings. The largest absolute Gasteiger partial charge is 0.497 e. The van der Waals surface area contributed by atoms with E-state index in [1.54, 1.807) is 19.2 Å². The Bertz CT molecular complexity index is 1140. The second kappa shape index (κ2) is 10.7. The van der Waals surface area contributed by atoms with Gasteiger partial charge in [0, 0.05) is 6.54 Å². The number of methoxy groups -OCH3 is 1. The van der Waals surface area contributed by atoms with Crippen LogP contribution in [0.3, 0.4) is 0 Å². The van der Waals surface area contributed by atoms with Crippen molar-refractivity contribution in [3.8, 4) is 5.75 Å². The fraction of sp³-hybridized carbons (Fsp3) is 0.348. The Morgan fingerprint density at radius 2 is 1.56 bits per heavy atom. The summed E-state index contributed by atoms with van der Waals surface area (Å²) in [4.78, 5) is 32.1. The second-order valence-corrected chi connectivity index (χ2v) is 7.73. The van der Waals surface area contributed by atoms with Crippen molar-refractivity contribution in [2.24, 2.45) is 0 Å². The summed E-state index contributed by atoms with van der Waals surface area (Å²) in [5, 5.41) is 3.13. The minimum Gasteiger partial charge on any atom is -0.497 e. The number of hydrogen-bond donors (Lipinski definition) is 1. The van der Waals surface area contributed by atoms with Crippen LogP contribution in [0.25, 0.3) is 0 Å². The van der Waals surface area contributed by atoms with E-state index < -0.39 is 11.4 Å². The zero-order valence-electron chi connectivity index (χ0n) is 18.5. The summed E-state index contributed by atoms with van der Waals surface area (Å²) >= 11 is 0. The van der Waals surface area contributed by atoms with Gasteiger partial charge in [-0.2, -0.15) is 4.98 Å². The highest BCUT2D eigenvalue weighted by molar-refractivity contribution is 5.30. The number of anilines is 1. The molecule has 0 aliphatic rings. The molecule has 0 aliphatic heterocycles. The number of benzene rings is 2. The number of ether oxygens (including phenoxy) is 1. The molecule has 0 bridgehead atoms. The molecule has 0 spiro atoms. The minimum atomic E-state index is -0.652. The van der Waals surface area contributed by atoms with E-state index >= 15 is 0 Å². The van der Waals surface area contributed by atoms with Gasteiger partial charge in [-0.1, -0.05) is 24.3 Å². The van der Waals surface area contributed by atoms with Crippen LogP contribution in [0.1, 0.15) is 17.5 Å². The van der Waals surface area contributed by atoms with Gasteiger partial charge in [-0.05, 0) is 62.5 Å². The van der Waals surface area contributed by atoms with Crippen LogP contribution < -0.4 is 21.4 Å². The normalized spacial score (nSPS) is 11.0. The van der Waals surface area contributed by atoms with Gasteiger partial charge in [0.15, 0.2) is 0 Å². The Morgan fingerprint density at radius 1 is 0.969 bits per heavy atom. The van der Waals surface area contributed by atoms with Gasteiger partial charge in [0.1, 0.15) is 11.6 Å². The van der Waals surface area contributed by atoms with Gasteiger partial charge in [0.05, 0.1) is 20.2 Å². The number of rotatable bonds is 10. The lowest BCUT2D eigenvalue weighted by Crippen LogP contribution is -2.43. The molecule has 0 aliphatic carbocycles. The Balaban J connectivity index is 1.94. The molecule has 3 rings (SSSR count). The molecule has 0 unspecified atom stereocenters. The van der Waals surface area contributed by atoms with Gasteiger partial charge in [-0.25, -0.2) is 18.5 Å². The van der Waals surface area contributed by atoms with E-state index in [0.29, 0.717) is 17.9 Å². The van der Waals surface area contributed by atoms with Gasteiger partial charge in [0.25, 0.3) is 0 Å². The number of nitrogens with one attached hydrogen (secondary N) is 1. The molecule has 2 aromatic carbocycles. The van der Waals surface area contributed by atoms with E-state index in [4.69, 9.17) is 4.74 Å². The molecule has 0 atom stereocenters. The molecule has 170 valence electrons. The lowest BCUT2D eigenvalue weighted by molar-refractivity contribution is 0.404. The Kier molecular flexibility index (Phi) is 7.77. The van der Waals surface area contributed by atoms with Crippen molar-refractivity contribution in [2.45, 2.75) is 19.5 Å². The molecule has 0 radical (unpaired) electrons. The van der Waals surface area contributed by atoms with Crippen LogP contribution in [0.5, 0.6) is 5.75 Å². The Morgan fingerprint density at radius 3 is 2.16 bits per heavy atom. The highest BCUT2D eigenvalue weighted by atomic mass is 19.1. The fourth-order valence-electron chi connectivity index (χ4n) is 3.22.